The van der Waals surface area contributed by atoms with Crippen molar-refractivity contribution >= 4 is 22.5 Å². The molecule has 0 radical (unpaired) electrons. The zero-order chi connectivity index (χ0) is 28.7. The highest BCUT2D eigenvalue weighted by molar-refractivity contribution is 5.96. The van der Waals surface area contributed by atoms with Gasteiger partial charge in [-0.25, -0.2) is 4.39 Å². The van der Waals surface area contributed by atoms with Gasteiger partial charge in [0.1, 0.15) is 12.7 Å². The van der Waals surface area contributed by atoms with Gasteiger partial charge in [0.05, 0.1) is 36.3 Å². The fourth-order valence-electron chi connectivity index (χ4n) is 4.94. The minimum Gasteiger partial charge on any atom is -0.379 e. The molecule has 0 bridgehead atoms. The van der Waals surface area contributed by atoms with Crippen LogP contribution in [0.5, 0.6) is 0 Å². The predicted molar refractivity (Wildman–Crippen MR) is 140 cm³/mol. The third kappa shape index (κ3) is 6.08. The number of amides is 1. The van der Waals surface area contributed by atoms with Crippen LogP contribution >= 0.6 is 0 Å². The Balaban J connectivity index is 1.37. The minimum absolute atomic E-state index is 0.0396. The largest absolute Gasteiger partial charge is 0.406 e. The summed E-state index contributed by atoms with van der Waals surface area (Å²) in [6.07, 6.45) is -1.62. The van der Waals surface area contributed by atoms with E-state index >= 15 is 0 Å². The number of fused-ring (bicyclic) bond motifs is 1. The maximum Gasteiger partial charge on any atom is 0.406 e. The number of alkyl halides is 4. The number of aromatic nitrogens is 3. The fraction of sp³-hybridized carbons (Fsp3) is 0.519. The number of benzene rings is 1. The second kappa shape index (κ2) is 10.8. The van der Waals surface area contributed by atoms with E-state index in [4.69, 9.17) is 9.26 Å². The number of ether oxygens (including phenoxy) is 1. The van der Waals surface area contributed by atoms with E-state index in [-0.39, 0.29) is 53.4 Å². The van der Waals surface area contributed by atoms with Crippen LogP contribution < -0.4 is 10.6 Å². The van der Waals surface area contributed by atoms with Gasteiger partial charge in [-0.3, -0.25) is 4.79 Å². The first-order valence-electron chi connectivity index (χ1n) is 13.1. The van der Waals surface area contributed by atoms with Gasteiger partial charge in [-0.1, -0.05) is 17.3 Å². The Bertz CT molecular complexity index is 1390. The smallest absolute Gasteiger partial charge is 0.379 e. The first-order chi connectivity index (χ1) is 18.9. The van der Waals surface area contributed by atoms with Gasteiger partial charge in [0, 0.05) is 29.8 Å². The lowest BCUT2D eigenvalue weighted by Crippen LogP contribution is -2.40. The summed E-state index contributed by atoms with van der Waals surface area (Å²) in [6.45, 7) is 5.70. The highest BCUT2D eigenvalue weighted by Crippen LogP contribution is 2.35. The SMILES string of the molecule is CC(C)(C)N1C=CC(C(=O)NCc2nc(-c3cc4c(N[C@@H]5CCOC[C@H]5F)cccc4n3CC(F)(F)F)no2)C1. The van der Waals surface area contributed by atoms with Gasteiger partial charge in [0.2, 0.25) is 17.6 Å². The second-order valence-electron chi connectivity index (χ2n) is 11.1. The van der Waals surface area contributed by atoms with Gasteiger partial charge in [-0.15, -0.1) is 0 Å². The first-order valence-corrected chi connectivity index (χ1v) is 13.1. The van der Waals surface area contributed by atoms with E-state index in [0.717, 1.165) is 4.57 Å². The number of hydrogen-bond donors (Lipinski definition) is 2. The monoisotopic (exact) mass is 564 g/mol. The predicted octanol–water partition coefficient (Wildman–Crippen LogP) is 4.65. The summed E-state index contributed by atoms with van der Waals surface area (Å²) in [5.74, 6) is -0.558. The van der Waals surface area contributed by atoms with Crippen LogP contribution in [0.15, 0.2) is 41.1 Å². The van der Waals surface area contributed by atoms with Crippen molar-refractivity contribution in [2.75, 3.05) is 25.1 Å². The number of carbonyl (C=O) groups is 1. The Labute approximate surface area is 228 Å². The average Bonchev–Trinajstić information content (AvgIpc) is 3.62. The molecule has 3 atom stereocenters. The Hall–Kier alpha value is -3.61. The average molecular weight is 565 g/mol. The fourth-order valence-corrected chi connectivity index (χ4v) is 4.94. The minimum atomic E-state index is -4.52. The van der Waals surface area contributed by atoms with E-state index in [0.29, 0.717) is 30.6 Å². The molecule has 40 heavy (non-hydrogen) atoms. The van der Waals surface area contributed by atoms with E-state index in [2.05, 4.69) is 46.4 Å². The number of nitrogens with zero attached hydrogens (tertiary/aromatic N) is 4. The summed E-state index contributed by atoms with van der Waals surface area (Å²) < 4.78 is 66.7. The highest BCUT2D eigenvalue weighted by atomic mass is 19.4. The third-order valence-electron chi connectivity index (χ3n) is 7.11. The molecule has 4 heterocycles. The van der Waals surface area contributed by atoms with E-state index in [9.17, 15) is 22.4 Å². The summed E-state index contributed by atoms with van der Waals surface area (Å²) in [5, 5.41) is 10.3. The topological polar surface area (TPSA) is 97.5 Å². The summed E-state index contributed by atoms with van der Waals surface area (Å²) in [7, 11) is 0. The summed E-state index contributed by atoms with van der Waals surface area (Å²) in [4.78, 5) is 19.0. The van der Waals surface area contributed by atoms with E-state index in [1.54, 1.807) is 18.2 Å². The molecule has 2 N–H and O–H groups in total. The van der Waals surface area contributed by atoms with Crippen molar-refractivity contribution in [3.63, 3.8) is 0 Å². The molecule has 5 rings (SSSR count). The molecule has 0 spiro atoms. The van der Waals surface area contributed by atoms with Gasteiger partial charge in [0.25, 0.3) is 0 Å². The van der Waals surface area contributed by atoms with Crippen LogP contribution in [0.2, 0.25) is 0 Å². The maximum absolute atomic E-state index is 14.4. The first kappa shape index (κ1) is 27.9. The lowest BCUT2D eigenvalue weighted by molar-refractivity contribution is -0.139. The molecule has 216 valence electrons. The van der Waals surface area contributed by atoms with Crippen molar-refractivity contribution in [2.45, 2.75) is 64.2 Å². The molecule has 1 amide bonds. The molecular formula is C27H32F4N6O3. The molecule has 13 heteroatoms. The maximum atomic E-state index is 14.4. The van der Waals surface area contributed by atoms with Crippen molar-refractivity contribution in [1.82, 2.24) is 24.9 Å². The lowest BCUT2D eigenvalue weighted by atomic mass is 10.1. The van der Waals surface area contributed by atoms with Crippen LogP contribution in [-0.4, -0.2) is 69.2 Å². The summed E-state index contributed by atoms with van der Waals surface area (Å²) in [5.41, 5.74) is 0.761. The Morgan fingerprint density at radius 2 is 2.02 bits per heavy atom. The molecule has 3 aromatic rings. The van der Waals surface area contributed by atoms with Crippen LogP contribution in [0.1, 0.15) is 33.1 Å². The zero-order valence-corrected chi connectivity index (χ0v) is 22.5. The molecule has 2 aliphatic rings. The molecule has 0 aliphatic carbocycles. The van der Waals surface area contributed by atoms with E-state index in [1.165, 1.54) is 6.07 Å². The van der Waals surface area contributed by atoms with Gasteiger partial charge in [-0.2, -0.15) is 18.2 Å². The zero-order valence-electron chi connectivity index (χ0n) is 22.5. The van der Waals surface area contributed by atoms with Gasteiger partial charge >= 0.3 is 6.18 Å². The van der Waals surface area contributed by atoms with E-state index < -0.39 is 24.9 Å². The number of rotatable bonds is 7. The molecule has 2 aromatic heterocycles. The molecule has 1 aromatic carbocycles. The number of halogens is 4. The van der Waals surface area contributed by atoms with Crippen molar-refractivity contribution in [2.24, 2.45) is 5.92 Å². The molecule has 9 nitrogen and oxygen atoms in total. The Kier molecular flexibility index (Phi) is 7.51. The number of carbonyl (C=O) groups excluding carboxylic acids is 1. The van der Waals surface area contributed by atoms with Gasteiger partial charge < -0.3 is 29.4 Å². The molecule has 1 unspecified atom stereocenters. The van der Waals surface area contributed by atoms with Crippen molar-refractivity contribution in [3.05, 3.63) is 42.4 Å². The van der Waals surface area contributed by atoms with Crippen LogP contribution in [0, 0.1) is 5.92 Å². The van der Waals surface area contributed by atoms with Crippen LogP contribution in [0.3, 0.4) is 0 Å². The third-order valence-corrected chi connectivity index (χ3v) is 7.11. The summed E-state index contributed by atoms with van der Waals surface area (Å²) in [6, 6.07) is 5.88. The molecule has 0 saturated carbocycles. The quantitative estimate of drug-likeness (QED) is 0.403. The van der Waals surface area contributed by atoms with Crippen molar-refractivity contribution < 1.29 is 31.6 Å². The Morgan fingerprint density at radius 1 is 1.23 bits per heavy atom. The lowest BCUT2D eigenvalue weighted by Gasteiger charge is -2.32. The summed E-state index contributed by atoms with van der Waals surface area (Å²) >= 11 is 0. The van der Waals surface area contributed by atoms with Crippen molar-refractivity contribution in [1.29, 1.82) is 0 Å². The van der Waals surface area contributed by atoms with Crippen LogP contribution in [0.4, 0.5) is 23.2 Å². The number of nitrogens with one attached hydrogen (secondary N) is 2. The van der Waals surface area contributed by atoms with Gasteiger partial charge in [0.15, 0.2) is 0 Å². The molecular weight excluding hydrogens is 532 g/mol. The van der Waals surface area contributed by atoms with E-state index in [1.807, 2.05) is 12.3 Å². The van der Waals surface area contributed by atoms with Crippen LogP contribution in [0.25, 0.3) is 22.4 Å². The Morgan fingerprint density at radius 3 is 2.73 bits per heavy atom. The number of anilines is 1. The molecule has 1 fully saturated rings. The van der Waals surface area contributed by atoms with Crippen LogP contribution in [-0.2, 0) is 22.6 Å². The molecule has 2 aliphatic heterocycles. The van der Waals surface area contributed by atoms with Gasteiger partial charge in [-0.05, 0) is 51.6 Å². The van der Waals surface area contributed by atoms with Crippen molar-refractivity contribution in [3.8, 4) is 11.5 Å². The normalized spacial score (nSPS) is 21.8. The second-order valence-corrected chi connectivity index (χ2v) is 11.1. The highest BCUT2D eigenvalue weighted by Gasteiger charge is 2.33. The number of hydrogen-bond acceptors (Lipinski definition) is 7. The standard InChI is InChI=1S/C27H32F4N6O3/c1-26(2,3)36-9-7-16(13-36)25(38)32-12-23-34-24(35-40-23)22-11-17-19(33-20-8-10-39-14-18(20)28)5-4-6-21(17)37(22)15-27(29,30)31/h4-7,9,11,16,18,20,33H,8,10,12-15H2,1-3H3,(H,32,38)/t16?,18-,20-/m1/s1. The molecule has 1 saturated heterocycles.